The Morgan fingerprint density at radius 2 is 1.81 bits per heavy atom. The molecule has 0 heterocycles. The van der Waals surface area contributed by atoms with Crippen molar-refractivity contribution in [1.29, 1.82) is 0 Å². The molecule has 6 N–H and O–H groups in total. The number of para-hydroxylation sites is 1. The number of hydrogen-bond donors (Lipinski definition) is 4. The van der Waals surface area contributed by atoms with Crippen molar-refractivity contribution in [1.82, 2.24) is 0 Å². The van der Waals surface area contributed by atoms with Crippen molar-refractivity contribution in [3.05, 3.63) is 44.0 Å². The number of rotatable bonds is 10. The molecule has 2 atom stereocenters. The number of nitrogens with two attached hydrogens (primary N) is 2. The van der Waals surface area contributed by atoms with Gasteiger partial charge in [-0.2, -0.15) is 0 Å². The second-order valence-electron chi connectivity index (χ2n) is 4.96. The van der Waals surface area contributed by atoms with Crippen LogP contribution in [0, 0.1) is 20.2 Å². The van der Waals surface area contributed by atoms with E-state index in [0.29, 0.717) is 0 Å². The van der Waals surface area contributed by atoms with Gasteiger partial charge in [0.15, 0.2) is 5.54 Å². The number of hydrogen-bond acceptors (Lipinski definition) is 10. The summed E-state index contributed by atoms with van der Waals surface area (Å²) < 4.78 is 0. The maximum absolute atomic E-state index is 11.7. The van der Waals surface area contributed by atoms with E-state index in [0.717, 1.165) is 39.8 Å². The molecule has 1 aromatic rings. The molecule has 0 aliphatic rings. The fourth-order valence-electron chi connectivity index (χ4n) is 1.81. The molecule has 0 aliphatic heterocycles. The van der Waals surface area contributed by atoms with Crippen LogP contribution in [0.15, 0.2) is 18.2 Å². The highest BCUT2D eigenvalue weighted by atomic mass is 33.1. The standard InChI is InChI=1S/C12H14N4O8S2/c13-7(10(17)18)4-25-26-5-12(14,11(19)20)6-2-1-3-8(15(21)22)9(6)16(23)24/h1-3,7H,4-5,13-14H2,(H,17,18)(H,19,20). The van der Waals surface area contributed by atoms with Crippen molar-refractivity contribution in [3.63, 3.8) is 0 Å². The van der Waals surface area contributed by atoms with Crippen LogP contribution in [0.3, 0.4) is 0 Å². The normalized spacial score (nSPS) is 14.2. The maximum Gasteiger partial charge on any atom is 0.351 e. The van der Waals surface area contributed by atoms with E-state index in [1.165, 1.54) is 0 Å². The molecule has 1 aromatic carbocycles. The number of carboxylic acids is 2. The van der Waals surface area contributed by atoms with Crippen molar-refractivity contribution < 1.29 is 29.6 Å². The Kier molecular flexibility index (Phi) is 7.31. The Morgan fingerprint density at radius 1 is 1.19 bits per heavy atom. The van der Waals surface area contributed by atoms with Gasteiger partial charge in [-0.1, -0.05) is 27.7 Å². The van der Waals surface area contributed by atoms with Crippen molar-refractivity contribution in [2.75, 3.05) is 11.5 Å². The molecule has 0 spiro atoms. The summed E-state index contributed by atoms with van der Waals surface area (Å²) in [6.45, 7) is 0. The summed E-state index contributed by atoms with van der Waals surface area (Å²) in [5.74, 6) is -3.35. The second-order valence-corrected chi connectivity index (χ2v) is 7.46. The Labute approximate surface area is 153 Å². The second kappa shape index (κ2) is 8.79. The summed E-state index contributed by atoms with van der Waals surface area (Å²) in [6, 6.07) is 1.82. The molecule has 2 unspecified atom stereocenters. The molecule has 26 heavy (non-hydrogen) atoms. The zero-order valence-electron chi connectivity index (χ0n) is 12.9. The first-order chi connectivity index (χ1) is 12.0. The van der Waals surface area contributed by atoms with Gasteiger partial charge in [0.1, 0.15) is 6.04 Å². The smallest absolute Gasteiger partial charge is 0.351 e. The van der Waals surface area contributed by atoms with Gasteiger partial charge in [-0.25, -0.2) is 4.79 Å². The highest BCUT2D eigenvalue weighted by Gasteiger charge is 2.44. The molecular formula is C12H14N4O8S2. The van der Waals surface area contributed by atoms with Gasteiger partial charge >= 0.3 is 23.3 Å². The minimum Gasteiger partial charge on any atom is -0.480 e. The first-order valence-electron chi connectivity index (χ1n) is 6.69. The lowest BCUT2D eigenvalue weighted by atomic mass is 9.91. The molecule has 0 saturated carbocycles. The van der Waals surface area contributed by atoms with E-state index in [1.807, 2.05) is 0 Å². The van der Waals surface area contributed by atoms with Crippen LogP contribution < -0.4 is 11.5 Å². The molecule has 12 nitrogen and oxygen atoms in total. The fraction of sp³-hybridized carbons (Fsp3) is 0.333. The summed E-state index contributed by atoms with van der Waals surface area (Å²) in [7, 11) is 1.76. The number of carboxylic acid groups (broad SMARTS) is 2. The van der Waals surface area contributed by atoms with E-state index in [1.54, 1.807) is 0 Å². The molecule has 0 fully saturated rings. The topological polar surface area (TPSA) is 213 Å². The van der Waals surface area contributed by atoms with E-state index < -0.39 is 56.1 Å². The minimum absolute atomic E-state index is 0.0628. The first kappa shape index (κ1) is 21.6. The van der Waals surface area contributed by atoms with Crippen LogP contribution in [0.25, 0.3) is 0 Å². The minimum atomic E-state index is -2.31. The number of carbonyl (C=O) groups is 2. The predicted octanol–water partition coefficient (Wildman–Crippen LogP) is 0.535. The van der Waals surface area contributed by atoms with Crippen LogP contribution in [0.4, 0.5) is 11.4 Å². The number of nitro benzene ring substituents is 2. The summed E-state index contributed by atoms with van der Waals surface area (Å²) >= 11 is 0. The molecule has 0 aromatic heterocycles. The lowest BCUT2D eigenvalue weighted by molar-refractivity contribution is -0.423. The fourth-order valence-corrected chi connectivity index (χ4v) is 4.28. The van der Waals surface area contributed by atoms with E-state index >= 15 is 0 Å². The SMILES string of the molecule is NC(CSSCC(N)(C(=O)O)c1cccc([N+](=O)[O-])c1[N+](=O)[O-])C(=O)O. The molecule has 0 saturated heterocycles. The number of benzene rings is 1. The Bertz CT molecular complexity index is 746. The average molecular weight is 406 g/mol. The Hall–Kier alpha value is -2.42. The van der Waals surface area contributed by atoms with Gasteiger partial charge in [0.05, 0.1) is 15.4 Å². The third kappa shape index (κ3) is 4.81. The lowest BCUT2D eigenvalue weighted by Crippen LogP contribution is -2.47. The van der Waals surface area contributed by atoms with Crippen LogP contribution in [-0.2, 0) is 15.1 Å². The molecule has 0 radical (unpaired) electrons. The van der Waals surface area contributed by atoms with Crippen molar-refractivity contribution >= 4 is 44.9 Å². The molecule has 14 heteroatoms. The van der Waals surface area contributed by atoms with Gasteiger partial charge in [-0.05, 0) is 6.07 Å². The van der Waals surface area contributed by atoms with Crippen LogP contribution in [0.2, 0.25) is 0 Å². The van der Waals surface area contributed by atoms with Crippen LogP contribution in [-0.4, -0.2) is 49.5 Å². The molecule has 0 aliphatic carbocycles. The number of nitro groups is 2. The van der Waals surface area contributed by atoms with Gasteiger partial charge in [0.2, 0.25) is 0 Å². The Morgan fingerprint density at radius 3 is 2.27 bits per heavy atom. The van der Waals surface area contributed by atoms with Gasteiger partial charge in [-0.3, -0.25) is 25.0 Å². The van der Waals surface area contributed by atoms with Crippen molar-refractivity contribution in [2.45, 2.75) is 11.6 Å². The van der Waals surface area contributed by atoms with Gasteiger partial charge in [0.25, 0.3) is 0 Å². The highest BCUT2D eigenvalue weighted by molar-refractivity contribution is 8.76. The number of nitrogens with zero attached hydrogens (tertiary/aromatic N) is 2. The van der Waals surface area contributed by atoms with Crippen molar-refractivity contribution in [3.8, 4) is 0 Å². The Balaban J connectivity index is 3.18. The quantitative estimate of drug-likeness (QED) is 0.181. The molecule has 0 bridgehead atoms. The van der Waals surface area contributed by atoms with Gasteiger partial charge in [-0.15, -0.1) is 0 Å². The summed E-state index contributed by atoms with van der Waals surface area (Å²) in [4.78, 5) is 42.5. The lowest BCUT2D eigenvalue weighted by Gasteiger charge is -2.24. The molecular weight excluding hydrogens is 392 g/mol. The number of aliphatic carboxylic acids is 2. The molecule has 1 rings (SSSR count). The van der Waals surface area contributed by atoms with Gasteiger partial charge in [0, 0.05) is 17.6 Å². The van der Waals surface area contributed by atoms with Gasteiger partial charge < -0.3 is 21.7 Å². The third-order valence-electron chi connectivity index (χ3n) is 3.19. The summed E-state index contributed by atoms with van der Waals surface area (Å²) in [6.07, 6.45) is 0. The van der Waals surface area contributed by atoms with E-state index in [9.17, 15) is 34.9 Å². The van der Waals surface area contributed by atoms with E-state index in [4.69, 9.17) is 16.6 Å². The monoisotopic (exact) mass is 406 g/mol. The van der Waals surface area contributed by atoms with E-state index in [-0.39, 0.29) is 5.75 Å². The summed E-state index contributed by atoms with van der Waals surface area (Å²) in [5.41, 5.74) is 6.43. The average Bonchev–Trinajstić information content (AvgIpc) is 2.56. The van der Waals surface area contributed by atoms with Crippen LogP contribution >= 0.6 is 21.6 Å². The molecule has 142 valence electrons. The zero-order chi connectivity index (χ0) is 20.1. The largest absolute Gasteiger partial charge is 0.480 e. The van der Waals surface area contributed by atoms with Crippen LogP contribution in [0.1, 0.15) is 5.56 Å². The maximum atomic E-state index is 11.7. The zero-order valence-corrected chi connectivity index (χ0v) is 14.6. The van der Waals surface area contributed by atoms with Crippen molar-refractivity contribution in [2.24, 2.45) is 11.5 Å². The first-order valence-corrected chi connectivity index (χ1v) is 9.18. The predicted molar refractivity (Wildman–Crippen MR) is 93.8 cm³/mol. The summed E-state index contributed by atoms with van der Waals surface area (Å²) in [5, 5.41) is 40.4. The highest BCUT2D eigenvalue weighted by Crippen LogP contribution is 2.39. The van der Waals surface area contributed by atoms with Crippen LogP contribution in [0.5, 0.6) is 0 Å². The third-order valence-corrected chi connectivity index (χ3v) is 5.69. The van der Waals surface area contributed by atoms with E-state index in [2.05, 4.69) is 0 Å². The molecule has 0 amide bonds.